The molecule has 2 fully saturated rings. The summed E-state index contributed by atoms with van der Waals surface area (Å²) in [6.07, 6.45) is -8.02. The fourth-order valence-corrected chi connectivity index (χ4v) is 5.65. The van der Waals surface area contributed by atoms with Crippen LogP contribution in [0.1, 0.15) is 99.8 Å². The van der Waals surface area contributed by atoms with Gasteiger partial charge in [-0.15, -0.1) is 0 Å². The number of rotatable bonds is 20. The topological polar surface area (TPSA) is 214 Å². The first-order valence-corrected chi connectivity index (χ1v) is 17.4. The van der Waals surface area contributed by atoms with Crippen LogP contribution in [0.4, 0.5) is 0 Å². The molecule has 4 N–H and O–H groups in total. The van der Waals surface area contributed by atoms with Crippen molar-refractivity contribution >= 4 is 23.9 Å². The molecule has 2 aliphatic heterocycles. The van der Waals surface area contributed by atoms with Crippen molar-refractivity contribution in [3.63, 3.8) is 0 Å². The van der Waals surface area contributed by atoms with Gasteiger partial charge in [-0.1, -0.05) is 67.2 Å². The number of hydrogen-bond acceptors (Lipinski definition) is 15. The summed E-state index contributed by atoms with van der Waals surface area (Å²) in [6.45, 7) is 9.69. The summed E-state index contributed by atoms with van der Waals surface area (Å²) in [6, 6.07) is 0. The van der Waals surface area contributed by atoms with Crippen LogP contribution in [0.25, 0.3) is 0 Å². The summed E-state index contributed by atoms with van der Waals surface area (Å²) < 4.78 is 40.3. The van der Waals surface area contributed by atoms with Crippen LogP contribution in [0.2, 0.25) is 0 Å². The van der Waals surface area contributed by atoms with Crippen molar-refractivity contribution in [2.45, 2.75) is 155 Å². The van der Waals surface area contributed by atoms with Crippen molar-refractivity contribution < 1.29 is 72.8 Å². The molecule has 15 heteroatoms. The standard InChI is InChI=1S/C34H58O15/c1-8-21(6)32(42)47-29-28(45-26(40)15-20(4)5)24(17-36)44-33(30(29)43-22(7)38)49-34(18-37)31(27(41)23(16-35)48-34)46-25(39)14-12-10-9-11-13-19(2)3/h19-21,23-24,27-31,33,35-37,41H,8-18H2,1-7H3/t21?,23-,24-,27-,28-,29+,30-,31+,33-,34+/m0/s1. The molecule has 0 spiro atoms. The Balaban J connectivity index is 2.45. The Morgan fingerprint density at radius 3 is 1.98 bits per heavy atom. The zero-order valence-electron chi connectivity index (χ0n) is 29.9. The van der Waals surface area contributed by atoms with Crippen molar-refractivity contribution in [2.75, 3.05) is 19.8 Å². The van der Waals surface area contributed by atoms with Crippen molar-refractivity contribution in [3.8, 4) is 0 Å². The molecule has 0 bridgehead atoms. The van der Waals surface area contributed by atoms with Gasteiger partial charge in [0.25, 0.3) is 0 Å². The summed E-state index contributed by atoms with van der Waals surface area (Å²) in [5.41, 5.74) is 0. The molecule has 2 saturated heterocycles. The minimum atomic E-state index is -2.38. The van der Waals surface area contributed by atoms with Gasteiger partial charge in [0.2, 0.25) is 12.1 Å². The lowest BCUT2D eigenvalue weighted by Crippen LogP contribution is -2.65. The van der Waals surface area contributed by atoms with E-state index in [0.717, 1.165) is 32.6 Å². The number of esters is 4. The highest BCUT2D eigenvalue weighted by atomic mass is 16.8. The lowest BCUT2D eigenvalue weighted by atomic mass is 9.97. The number of unbranched alkanes of at least 4 members (excludes halogenated alkanes) is 3. The molecule has 2 aliphatic rings. The Hall–Kier alpha value is -2.40. The zero-order valence-corrected chi connectivity index (χ0v) is 29.9. The van der Waals surface area contributed by atoms with Gasteiger partial charge >= 0.3 is 23.9 Å². The predicted molar refractivity (Wildman–Crippen MR) is 171 cm³/mol. The summed E-state index contributed by atoms with van der Waals surface area (Å²) in [5.74, 6) is -5.55. The third kappa shape index (κ3) is 12.4. The maximum absolute atomic E-state index is 13.1. The van der Waals surface area contributed by atoms with Crippen LogP contribution in [0.15, 0.2) is 0 Å². The second-order valence-electron chi connectivity index (χ2n) is 13.7. The van der Waals surface area contributed by atoms with E-state index in [-0.39, 0.29) is 18.8 Å². The highest BCUT2D eigenvalue weighted by Gasteiger charge is 2.62. The third-order valence-electron chi connectivity index (χ3n) is 8.54. The van der Waals surface area contributed by atoms with Crippen LogP contribution in [-0.2, 0) is 52.3 Å². The molecule has 2 rings (SSSR count). The molecule has 0 aromatic carbocycles. The van der Waals surface area contributed by atoms with Gasteiger partial charge in [0.1, 0.15) is 24.9 Å². The van der Waals surface area contributed by atoms with Crippen LogP contribution in [0, 0.1) is 17.8 Å². The van der Waals surface area contributed by atoms with Gasteiger partial charge in [-0.2, -0.15) is 0 Å². The molecule has 0 aromatic rings. The molecule has 15 nitrogen and oxygen atoms in total. The van der Waals surface area contributed by atoms with Crippen molar-refractivity contribution in [3.05, 3.63) is 0 Å². The molecule has 0 radical (unpaired) electrons. The molecular weight excluding hydrogens is 648 g/mol. The largest absolute Gasteiger partial charge is 0.455 e. The van der Waals surface area contributed by atoms with Gasteiger partial charge in [0, 0.05) is 19.8 Å². The number of carbonyl (C=O) groups excluding carboxylic acids is 4. The highest BCUT2D eigenvalue weighted by molar-refractivity contribution is 5.73. The van der Waals surface area contributed by atoms with E-state index in [1.807, 2.05) is 0 Å². The monoisotopic (exact) mass is 706 g/mol. The van der Waals surface area contributed by atoms with E-state index >= 15 is 0 Å². The van der Waals surface area contributed by atoms with Gasteiger partial charge in [-0.3, -0.25) is 19.2 Å². The summed E-state index contributed by atoms with van der Waals surface area (Å²) in [7, 11) is 0. The normalized spacial score (nSPS) is 30.6. The smallest absolute Gasteiger partial charge is 0.309 e. The summed E-state index contributed by atoms with van der Waals surface area (Å²) in [5, 5.41) is 41.9. The third-order valence-corrected chi connectivity index (χ3v) is 8.54. The second kappa shape index (κ2) is 20.4. The van der Waals surface area contributed by atoms with Gasteiger partial charge < -0.3 is 53.6 Å². The fourth-order valence-electron chi connectivity index (χ4n) is 5.65. The van der Waals surface area contributed by atoms with Gasteiger partial charge in [-0.25, -0.2) is 0 Å². The first kappa shape index (κ1) is 42.8. The average Bonchev–Trinajstić information content (AvgIpc) is 3.30. The number of aliphatic hydroxyl groups is 4. The molecule has 49 heavy (non-hydrogen) atoms. The molecule has 1 unspecified atom stereocenters. The molecule has 0 aliphatic carbocycles. The van der Waals surface area contributed by atoms with Crippen molar-refractivity contribution in [1.29, 1.82) is 0 Å². The highest BCUT2D eigenvalue weighted by Crippen LogP contribution is 2.40. The van der Waals surface area contributed by atoms with Gasteiger partial charge in [0.05, 0.1) is 19.1 Å². The van der Waals surface area contributed by atoms with Crippen LogP contribution < -0.4 is 0 Å². The van der Waals surface area contributed by atoms with Crippen molar-refractivity contribution in [1.82, 2.24) is 0 Å². The number of hydrogen-bond donors (Lipinski definition) is 4. The number of carbonyl (C=O) groups is 4. The summed E-state index contributed by atoms with van der Waals surface area (Å²) in [4.78, 5) is 51.2. The minimum absolute atomic E-state index is 0.00412. The van der Waals surface area contributed by atoms with Crippen LogP contribution in [0.3, 0.4) is 0 Å². The van der Waals surface area contributed by atoms with E-state index in [4.69, 9.17) is 33.2 Å². The maximum atomic E-state index is 13.1. The van der Waals surface area contributed by atoms with E-state index in [0.29, 0.717) is 18.8 Å². The predicted octanol–water partition coefficient (Wildman–Crippen LogP) is 1.92. The van der Waals surface area contributed by atoms with Crippen LogP contribution in [-0.4, -0.2) is 119 Å². The van der Waals surface area contributed by atoms with E-state index < -0.39 is 104 Å². The van der Waals surface area contributed by atoms with E-state index in [1.54, 1.807) is 27.7 Å². The fraction of sp³-hybridized carbons (Fsp3) is 0.882. The summed E-state index contributed by atoms with van der Waals surface area (Å²) >= 11 is 0. The Kier molecular flexibility index (Phi) is 17.8. The molecule has 0 saturated carbocycles. The number of ether oxygens (including phenoxy) is 7. The molecule has 284 valence electrons. The second-order valence-corrected chi connectivity index (χ2v) is 13.7. The molecule has 0 amide bonds. The quantitative estimate of drug-likeness (QED) is 0.0809. The molecule has 10 atom stereocenters. The van der Waals surface area contributed by atoms with E-state index in [1.165, 1.54) is 0 Å². The van der Waals surface area contributed by atoms with Gasteiger partial charge in [-0.05, 0) is 24.7 Å². The average molecular weight is 707 g/mol. The minimum Gasteiger partial charge on any atom is -0.455 e. The Labute approximate surface area is 288 Å². The Morgan fingerprint density at radius 1 is 0.776 bits per heavy atom. The molecule has 2 heterocycles. The first-order chi connectivity index (χ1) is 23.1. The lowest BCUT2D eigenvalue weighted by molar-refractivity contribution is -0.384. The van der Waals surface area contributed by atoms with Crippen molar-refractivity contribution in [2.24, 2.45) is 17.8 Å². The van der Waals surface area contributed by atoms with Gasteiger partial charge in [0.15, 0.2) is 24.4 Å². The van der Waals surface area contributed by atoms with Crippen LogP contribution >= 0.6 is 0 Å². The SMILES string of the molecule is CCC(C)C(=O)O[C@H]1[C@H](OC(C)=O)[C@H](O[C@@]2(CO)O[C@@H](CO)[C@H](O)[C@H]2OC(=O)CCCCCCC(C)C)O[C@@H](CO)[C@@H]1OC(=O)CC(C)C. The Morgan fingerprint density at radius 2 is 1.43 bits per heavy atom. The lowest BCUT2D eigenvalue weighted by Gasteiger charge is -2.46. The van der Waals surface area contributed by atoms with Crippen LogP contribution in [0.5, 0.6) is 0 Å². The Bertz CT molecular complexity index is 1050. The van der Waals surface area contributed by atoms with E-state index in [2.05, 4.69) is 13.8 Å². The number of aliphatic hydroxyl groups excluding tert-OH is 4. The zero-order chi connectivity index (χ0) is 36.9. The first-order valence-electron chi connectivity index (χ1n) is 17.4. The molecule has 0 aromatic heterocycles. The maximum Gasteiger partial charge on any atom is 0.309 e. The van der Waals surface area contributed by atoms with E-state index in [9.17, 15) is 39.6 Å². The molecular formula is C34H58O15.